The molecule has 5 rings (SSSR count). The molecule has 0 aliphatic rings. The van der Waals surface area contributed by atoms with Crippen LogP contribution in [0, 0.1) is 5.92 Å². The average Bonchev–Trinajstić information content (AvgIpc) is 3.70. The van der Waals surface area contributed by atoms with E-state index in [1.807, 2.05) is 122 Å². The standard InChI is InChI=1S/C43H49N5O6S/c1-29(2)24-36(39(49)27-40(50)45-22-20-33-17-8-9-21-44-33)46-42(52)38(26-34-18-11-23-55-34)47-41(51)37(48-43(53)54-28-30-12-4-3-5-13-30)25-32-16-10-15-31-14-6-7-19-35(31)32/h3-19,21,23,29,36-39,49H,20,22,24-28H2,1-2H3,(H,45,50)(H,46,52)(H,47,51)(H,48,53)/t36-,37-,38?,39-/m0/s1. The van der Waals surface area contributed by atoms with Gasteiger partial charge in [-0.2, -0.15) is 0 Å². The Morgan fingerprint density at radius 3 is 2.25 bits per heavy atom. The minimum Gasteiger partial charge on any atom is -0.445 e. The van der Waals surface area contributed by atoms with Gasteiger partial charge in [0.2, 0.25) is 17.7 Å². The molecule has 0 aliphatic carbocycles. The second-order valence-corrected chi connectivity index (χ2v) is 14.9. The van der Waals surface area contributed by atoms with Crippen molar-refractivity contribution in [3.63, 3.8) is 0 Å². The molecule has 0 aliphatic heterocycles. The number of nitrogens with one attached hydrogen (secondary N) is 4. The minimum absolute atomic E-state index is 0.0144. The fourth-order valence-corrected chi connectivity index (χ4v) is 7.05. The zero-order valence-electron chi connectivity index (χ0n) is 31.2. The maximum atomic E-state index is 14.2. The first kappa shape index (κ1) is 40.6. The van der Waals surface area contributed by atoms with Crippen molar-refractivity contribution in [3.05, 3.63) is 136 Å². The number of alkyl carbamates (subject to hydrolysis) is 1. The molecule has 55 heavy (non-hydrogen) atoms. The van der Waals surface area contributed by atoms with Gasteiger partial charge < -0.3 is 31.1 Å². The molecule has 0 saturated carbocycles. The molecule has 4 atom stereocenters. The monoisotopic (exact) mass is 763 g/mol. The first-order valence-corrected chi connectivity index (χ1v) is 19.4. The number of carbonyl (C=O) groups excluding carboxylic acids is 4. The predicted octanol–water partition coefficient (Wildman–Crippen LogP) is 5.50. The van der Waals surface area contributed by atoms with Crippen LogP contribution in [0.2, 0.25) is 0 Å². The van der Waals surface area contributed by atoms with E-state index in [1.54, 1.807) is 6.20 Å². The van der Waals surface area contributed by atoms with Crippen LogP contribution in [-0.4, -0.2) is 64.7 Å². The lowest BCUT2D eigenvalue weighted by Crippen LogP contribution is -2.57. The summed E-state index contributed by atoms with van der Waals surface area (Å²) < 4.78 is 5.49. The van der Waals surface area contributed by atoms with Gasteiger partial charge in [0.05, 0.1) is 18.6 Å². The summed E-state index contributed by atoms with van der Waals surface area (Å²) in [6.45, 7) is 4.29. The van der Waals surface area contributed by atoms with Gasteiger partial charge in [0.25, 0.3) is 0 Å². The summed E-state index contributed by atoms with van der Waals surface area (Å²) in [5, 5.41) is 26.5. The smallest absolute Gasteiger partial charge is 0.408 e. The number of carbonyl (C=O) groups is 4. The van der Waals surface area contributed by atoms with Crippen LogP contribution in [-0.2, 0) is 45.0 Å². The minimum atomic E-state index is -1.18. The molecule has 1 unspecified atom stereocenters. The number of hydrogen-bond donors (Lipinski definition) is 5. The maximum Gasteiger partial charge on any atom is 0.408 e. The van der Waals surface area contributed by atoms with Crippen LogP contribution in [0.5, 0.6) is 0 Å². The van der Waals surface area contributed by atoms with Crippen molar-refractivity contribution in [2.24, 2.45) is 5.92 Å². The molecule has 288 valence electrons. The van der Waals surface area contributed by atoms with Crippen molar-refractivity contribution in [2.75, 3.05) is 6.54 Å². The van der Waals surface area contributed by atoms with Crippen molar-refractivity contribution >= 4 is 45.9 Å². The molecule has 2 heterocycles. The molecule has 0 saturated heterocycles. The van der Waals surface area contributed by atoms with E-state index in [0.717, 1.165) is 32.5 Å². The van der Waals surface area contributed by atoms with Crippen LogP contribution in [0.15, 0.2) is 115 Å². The number of aromatic nitrogens is 1. The fourth-order valence-electron chi connectivity index (χ4n) is 6.30. The molecule has 3 aromatic carbocycles. The number of pyridine rings is 1. The number of hydrogen-bond acceptors (Lipinski definition) is 8. The summed E-state index contributed by atoms with van der Waals surface area (Å²) in [5.74, 6) is -1.36. The number of nitrogens with zero attached hydrogens (tertiary/aromatic N) is 1. The molecule has 11 nitrogen and oxygen atoms in total. The lowest BCUT2D eigenvalue weighted by atomic mass is 9.96. The summed E-state index contributed by atoms with van der Waals surface area (Å²) in [6.07, 6.45) is 0.757. The Hall–Kier alpha value is -5.59. The quantitative estimate of drug-likeness (QED) is 0.0743. The van der Waals surface area contributed by atoms with Crippen molar-refractivity contribution in [1.29, 1.82) is 0 Å². The van der Waals surface area contributed by atoms with Gasteiger partial charge in [-0.25, -0.2) is 4.79 Å². The van der Waals surface area contributed by atoms with Gasteiger partial charge in [-0.3, -0.25) is 19.4 Å². The van der Waals surface area contributed by atoms with E-state index in [9.17, 15) is 24.3 Å². The third-order valence-corrected chi connectivity index (χ3v) is 9.98. The Kier molecular flexibility index (Phi) is 15.3. The topological polar surface area (TPSA) is 159 Å². The molecule has 4 amide bonds. The molecule has 0 radical (unpaired) electrons. The molecule has 12 heteroatoms. The van der Waals surface area contributed by atoms with Crippen LogP contribution in [0.4, 0.5) is 4.79 Å². The number of rotatable bonds is 19. The Morgan fingerprint density at radius 2 is 1.51 bits per heavy atom. The molecule has 0 spiro atoms. The number of ether oxygens (including phenoxy) is 1. The van der Waals surface area contributed by atoms with E-state index in [4.69, 9.17) is 4.74 Å². The SMILES string of the molecule is CC(C)C[C@H](NC(=O)C(Cc1cccs1)NC(=O)[C@H](Cc1cccc2ccccc12)NC(=O)OCc1ccccc1)[C@@H](O)CC(=O)NCCc1ccccn1. The summed E-state index contributed by atoms with van der Waals surface area (Å²) in [4.78, 5) is 59.4. The lowest BCUT2D eigenvalue weighted by molar-refractivity contribution is -0.131. The van der Waals surface area contributed by atoms with E-state index in [2.05, 4.69) is 26.3 Å². The highest BCUT2D eigenvalue weighted by Crippen LogP contribution is 2.21. The van der Waals surface area contributed by atoms with Gasteiger partial charge >= 0.3 is 6.09 Å². The average molecular weight is 764 g/mol. The highest BCUT2D eigenvalue weighted by atomic mass is 32.1. The number of benzene rings is 3. The van der Waals surface area contributed by atoms with Gasteiger partial charge in [-0.1, -0.05) is 98.8 Å². The number of fused-ring (bicyclic) bond motifs is 1. The largest absolute Gasteiger partial charge is 0.445 e. The molecular formula is C43H49N5O6S. The predicted molar refractivity (Wildman–Crippen MR) is 214 cm³/mol. The van der Waals surface area contributed by atoms with E-state index in [-0.39, 0.29) is 37.7 Å². The molecule has 5 N–H and O–H groups in total. The van der Waals surface area contributed by atoms with E-state index in [0.29, 0.717) is 19.4 Å². The number of amides is 4. The van der Waals surface area contributed by atoms with Crippen LogP contribution >= 0.6 is 11.3 Å². The summed E-state index contributed by atoms with van der Waals surface area (Å²) in [5.41, 5.74) is 2.46. The van der Waals surface area contributed by atoms with Gasteiger partial charge in [-0.05, 0) is 57.8 Å². The van der Waals surface area contributed by atoms with Crippen molar-refractivity contribution < 1.29 is 29.0 Å². The number of aliphatic hydroxyl groups excluding tert-OH is 1. The Balaban J connectivity index is 1.30. The van der Waals surface area contributed by atoms with Crippen LogP contribution in [0.3, 0.4) is 0 Å². The van der Waals surface area contributed by atoms with Crippen molar-refractivity contribution in [1.82, 2.24) is 26.3 Å². The second-order valence-electron chi connectivity index (χ2n) is 13.9. The van der Waals surface area contributed by atoms with Gasteiger partial charge in [0, 0.05) is 42.6 Å². The maximum absolute atomic E-state index is 14.2. The lowest BCUT2D eigenvalue weighted by Gasteiger charge is -2.29. The zero-order chi connectivity index (χ0) is 39.0. The third kappa shape index (κ3) is 13.0. The first-order valence-electron chi connectivity index (χ1n) is 18.6. The Morgan fingerprint density at radius 1 is 0.782 bits per heavy atom. The molecule has 5 aromatic rings. The summed E-state index contributed by atoms with van der Waals surface area (Å²) in [7, 11) is 0. The normalized spacial score (nSPS) is 13.3. The third-order valence-electron chi connectivity index (χ3n) is 9.09. The Labute approximate surface area is 325 Å². The van der Waals surface area contributed by atoms with E-state index < -0.39 is 42.1 Å². The zero-order valence-corrected chi connectivity index (χ0v) is 32.0. The fraction of sp³-hybridized carbons (Fsp3) is 0.326. The molecular weight excluding hydrogens is 715 g/mol. The van der Waals surface area contributed by atoms with Gasteiger partial charge in [-0.15, -0.1) is 11.3 Å². The second kappa shape index (κ2) is 20.8. The van der Waals surface area contributed by atoms with Gasteiger partial charge in [0.15, 0.2) is 0 Å². The van der Waals surface area contributed by atoms with Crippen molar-refractivity contribution in [2.45, 2.75) is 76.8 Å². The molecule has 2 aromatic heterocycles. The van der Waals surface area contributed by atoms with Crippen LogP contribution in [0.1, 0.15) is 48.4 Å². The molecule has 0 fully saturated rings. The summed E-state index contributed by atoms with van der Waals surface area (Å²) in [6, 6.07) is 29.2. The summed E-state index contributed by atoms with van der Waals surface area (Å²) >= 11 is 1.45. The highest BCUT2D eigenvalue weighted by Gasteiger charge is 2.32. The van der Waals surface area contributed by atoms with Gasteiger partial charge in [0.1, 0.15) is 18.7 Å². The highest BCUT2D eigenvalue weighted by molar-refractivity contribution is 7.09. The Bertz CT molecular complexity index is 1970. The number of thiophene rings is 1. The van der Waals surface area contributed by atoms with E-state index in [1.165, 1.54) is 11.3 Å². The number of aliphatic hydroxyl groups is 1. The van der Waals surface area contributed by atoms with Crippen molar-refractivity contribution in [3.8, 4) is 0 Å². The van der Waals surface area contributed by atoms with Crippen LogP contribution < -0.4 is 21.3 Å². The first-order chi connectivity index (χ1) is 26.6. The van der Waals surface area contributed by atoms with E-state index >= 15 is 0 Å². The van der Waals surface area contributed by atoms with Crippen LogP contribution in [0.25, 0.3) is 10.8 Å². The molecule has 0 bridgehead atoms.